The standard InChI is InChI=1S/C86H64N6/c1-41-29-31-43-44-32-30-42(81(2,3)4)34-58(44)86(57(43)33-41)73-49(35-51-63-59(37-87-77-65(63)45-21-13-17-25-53(45)82(77,5)6)91-61-39-89-79-67(69(61)71(73)75(51)91)47-23-15-19-27-55(47)84(79,9)10)50-36-52-64-60(38-88-78-66(64)46-22-14-18-26-54(46)83(78,7)8)92-62-40-90-80-68(70(62)72(74(50)86)76(52)92)48-24-16-20-28-56(48)85(80,11)12/h13-40H,1-12H3. The van der Waals surface area contributed by atoms with Gasteiger partial charge in [0.1, 0.15) is 0 Å². The van der Waals surface area contributed by atoms with E-state index in [0.717, 1.165) is 44.8 Å². The average Bonchev–Trinajstić information content (AvgIpc) is 1.46. The second kappa shape index (κ2) is 15.3. The molecule has 0 atom stereocenters. The van der Waals surface area contributed by atoms with Crippen molar-refractivity contribution in [2.75, 3.05) is 0 Å². The molecule has 16 aromatic rings. The minimum Gasteiger partial charge on any atom is -0.305 e. The average molecular weight is 1180 g/mol. The minimum absolute atomic E-state index is 0.164. The number of fused-ring (bicyclic) bond motifs is 40. The summed E-state index contributed by atoms with van der Waals surface area (Å²) in [5.74, 6) is 0. The van der Waals surface area contributed by atoms with Crippen molar-refractivity contribution in [3.05, 3.63) is 249 Å². The number of pyridine rings is 4. The maximum absolute atomic E-state index is 5.71. The van der Waals surface area contributed by atoms with Crippen LogP contribution in [0, 0.1) is 6.92 Å². The Morgan fingerprint density at radius 3 is 1.04 bits per heavy atom. The molecule has 92 heavy (non-hydrogen) atoms. The Hall–Kier alpha value is -10.0. The van der Waals surface area contributed by atoms with Crippen LogP contribution in [0.1, 0.15) is 155 Å². The van der Waals surface area contributed by atoms with Gasteiger partial charge in [-0.3, -0.25) is 19.9 Å². The summed E-state index contributed by atoms with van der Waals surface area (Å²) in [5, 5.41) is 10.2. The first-order valence-corrected chi connectivity index (χ1v) is 33.1. The van der Waals surface area contributed by atoms with Crippen molar-refractivity contribution in [2.24, 2.45) is 0 Å². The van der Waals surface area contributed by atoms with E-state index < -0.39 is 5.41 Å². The molecule has 6 aliphatic carbocycles. The smallest absolute Gasteiger partial charge is 0.0739 e. The number of hydrogen-bond donors (Lipinski definition) is 0. The van der Waals surface area contributed by atoms with E-state index in [0.29, 0.717) is 0 Å². The van der Waals surface area contributed by atoms with Crippen LogP contribution in [0.15, 0.2) is 170 Å². The largest absolute Gasteiger partial charge is 0.305 e. The van der Waals surface area contributed by atoms with Gasteiger partial charge in [0.25, 0.3) is 0 Å². The highest BCUT2D eigenvalue weighted by molar-refractivity contribution is 6.36. The summed E-state index contributed by atoms with van der Waals surface area (Å²) in [6, 6.07) is 57.0. The Balaban J connectivity index is 1.06. The predicted octanol–water partition coefficient (Wildman–Crippen LogP) is 20.7. The number of rotatable bonds is 0. The van der Waals surface area contributed by atoms with E-state index in [1.54, 1.807) is 0 Å². The van der Waals surface area contributed by atoms with Crippen LogP contribution in [0.25, 0.3) is 143 Å². The Labute approximate surface area is 533 Å². The van der Waals surface area contributed by atoms with Crippen LogP contribution in [0.4, 0.5) is 0 Å². The monoisotopic (exact) mass is 1180 g/mol. The number of nitrogens with zero attached hydrogens (tertiary/aromatic N) is 6. The molecular formula is C86H64N6. The summed E-state index contributed by atoms with van der Waals surface area (Å²) >= 11 is 0. The van der Waals surface area contributed by atoms with E-state index in [1.807, 2.05) is 0 Å². The molecule has 0 aliphatic heterocycles. The molecule has 8 aromatic carbocycles. The highest BCUT2D eigenvalue weighted by atomic mass is 15.0. The third kappa shape index (κ3) is 5.19. The Kier molecular flexibility index (Phi) is 8.43. The van der Waals surface area contributed by atoms with Crippen LogP contribution in [-0.4, -0.2) is 28.7 Å². The lowest BCUT2D eigenvalue weighted by atomic mass is 9.67. The molecule has 0 N–H and O–H groups in total. The number of aryl methyl sites for hydroxylation is 1. The van der Waals surface area contributed by atoms with Crippen LogP contribution >= 0.6 is 0 Å². The lowest BCUT2D eigenvalue weighted by Crippen LogP contribution is -2.27. The number of benzene rings is 8. The third-order valence-electron chi connectivity index (χ3n) is 24.3. The normalized spacial score (nSPS) is 17.1. The van der Waals surface area contributed by atoms with Gasteiger partial charge in [0.15, 0.2) is 0 Å². The van der Waals surface area contributed by atoms with E-state index in [-0.39, 0.29) is 27.1 Å². The van der Waals surface area contributed by atoms with Gasteiger partial charge in [-0.05, 0) is 119 Å². The van der Waals surface area contributed by atoms with Gasteiger partial charge in [0.05, 0.1) is 86.1 Å². The van der Waals surface area contributed by atoms with Crippen molar-refractivity contribution in [2.45, 2.75) is 116 Å². The van der Waals surface area contributed by atoms with Gasteiger partial charge in [0.2, 0.25) is 0 Å². The molecule has 6 heteroatoms. The third-order valence-corrected chi connectivity index (χ3v) is 24.3. The molecule has 6 aliphatic rings. The van der Waals surface area contributed by atoms with Crippen LogP contribution in [0.2, 0.25) is 0 Å². The summed E-state index contributed by atoms with van der Waals surface area (Å²) < 4.78 is 5.24. The predicted molar refractivity (Wildman–Crippen MR) is 377 cm³/mol. The Morgan fingerprint density at radius 2 is 0.663 bits per heavy atom. The summed E-state index contributed by atoms with van der Waals surface area (Å²) in [5.41, 5.74) is 37.6. The Morgan fingerprint density at radius 1 is 0.326 bits per heavy atom. The second-order valence-corrected chi connectivity index (χ2v) is 31.3. The van der Waals surface area contributed by atoms with E-state index in [4.69, 9.17) is 19.9 Å². The van der Waals surface area contributed by atoms with Crippen LogP contribution in [0.3, 0.4) is 0 Å². The molecule has 0 fully saturated rings. The van der Waals surface area contributed by atoms with Gasteiger partial charge in [-0.2, -0.15) is 0 Å². The topological polar surface area (TPSA) is 60.4 Å². The van der Waals surface area contributed by atoms with Crippen LogP contribution in [-0.2, 0) is 32.5 Å². The van der Waals surface area contributed by atoms with Crippen molar-refractivity contribution < 1.29 is 0 Å². The molecule has 0 unspecified atom stereocenters. The van der Waals surface area contributed by atoms with Gasteiger partial charge < -0.3 is 8.80 Å². The summed E-state index contributed by atoms with van der Waals surface area (Å²) in [4.78, 5) is 22.7. The van der Waals surface area contributed by atoms with Gasteiger partial charge in [-0.25, -0.2) is 0 Å². The van der Waals surface area contributed by atoms with Crippen LogP contribution < -0.4 is 0 Å². The quantitative estimate of drug-likeness (QED) is 0.152. The lowest BCUT2D eigenvalue weighted by molar-refractivity contribution is 0.588. The first-order valence-electron chi connectivity index (χ1n) is 33.1. The van der Waals surface area contributed by atoms with Gasteiger partial charge >= 0.3 is 0 Å². The Bertz CT molecular complexity index is 5980. The summed E-state index contributed by atoms with van der Waals surface area (Å²) in [6.45, 7) is 28.5. The van der Waals surface area contributed by atoms with Crippen molar-refractivity contribution in [1.29, 1.82) is 0 Å². The summed E-state index contributed by atoms with van der Waals surface area (Å²) in [6.07, 6.45) is 8.93. The minimum atomic E-state index is -0.862. The first-order chi connectivity index (χ1) is 44.3. The molecule has 0 saturated heterocycles. The molecule has 0 amide bonds. The van der Waals surface area contributed by atoms with Crippen molar-refractivity contribution in [1.82, 2.24) is 28.7 Å². The number of hydrogen-bond acceptors (Lipinski definition) is 4. The van der Waals surface area contributed by atoms with E-state index in [9.17, 15) is 0 Å². The zero-order valence-corrected chi connectivity index (χ0v) is 53.8. The van der Waals surface area contributed by atoms with E-state index in [1.165, 1.54) is 177 Å². The fourth-order valence-corrected chi connectivity index (χ4v) is 20.4. The lowest BCUT2D eigenvalue weighted by Gasteiger charge is -2.33. The van der Waals surface area contributed by atoms with Crippen molar-refractivity contribution in [3.8, 4) is 66.8 Å². The summed E-state index contributed by atoms with van der Waals surface area (Å²) in [7, 11) is 0. The molecule has 438 valence electrons. The zero-order chi connectivity index (χ0) is 61.9. The second-order valence-electron chi connectivity index (χ2n) is 31.3. The van der Waals surface area contributed by atoms with E-state index in [2.05, 4.69) is 262 Å². The molecule has 0 saturated carbocycles. The highest BCUT2D eigenvalue weighted by Gasteiger charge is 2.57. The zero-order valence-electron chi connectivity index (χ0n) is 53.8. The van der Waals surface area contributed by atoms with Gasteiger partial charge in [-0.1, -0.05) is 215 Å². The molecule has 0 radical (unpaired) electrons. The molecule has 8 aromatic heterocycles. The SMILES string of the molecule is Cc1ccc2c(c1)C1(c3cc(C(C)(C)C)ccc3-2)c2c(cc3c4c5c(ncc4n4c6cnc7c(c6c2c34)-c2ccccc2C7(C)C)C(C)(C)c2ccccc2-5)-c2cc3c4c5c(ncc4n4c6cnc7c(c6c(c21)c34)-c1ccccc1C7(C)C)C(C)(C)c1ccccc1-5. The molecule has 8 heterocycles. The maximum Gasteiger partial charge on any atom is 0.0739 e. The fourth-order valence-electron chi connectivity index (χ4n) is 20.4. The fraction of sp³-hybridized carbons (Fsp3) is 0.209. The van der Waals surface area contributed by atoms with Crippen molar-refractivity contribution >= 4 is 76.2 Å². The molecule has 6 nitrogen and oxygen atoms in total. The molecule has 0 bridgehead atoms. The molecule has 1 spiro atoms. The number of aromatic nitrogens is 6. The molecular weight excluding hydrogens is 1120 g/mol. The van der Waals surface area contributed by atoms with Gasteiger partial charge in [0, 0.05) is 87.0 Å². The first kappa shape index (κ1) is 50.7. The van der Waals surface area contributed by atoms with Gasteiger partial charge in [-0.15, -0.1) is 0 Å². The molecule has 22 rings (SSSR count). The highest BCUT2D eigenvalue weighted by Crippen LogP contribution is 2.71. The maximum atomic E-state index is 5.71. The van der Waals surface area contributed by atoms with Crippen LogP contribution in [0.5, 0.6) is 0 Å². The van der Waals surface area contributed by atoms with E-state index >= 15 is 0 Å². The van der Waals surface area contributed by atoms with Crippen molar-refractivity contribution in [3.63, 3.8) is 0 Å².